The van der Waals surface area contributed by atoms with Crippen molar-refractivity contribution in [1.82, 2.24) is 10.6 Å². The molecular weight excluding hydrogens is 256 g/mol. The fraction of sp³-hybridized carbons (Fsp3) is 0.933. The summed E-state index contributed by atoms with van der Waals surface area (Å²) in [6.45, 7) is 7.43. The fourth-order valence-corrected chi connectivity index (χ4v) is 2.91. The summed E-state index contributed by atoms with van der Waals surface area (Å²) in [4.78, 5) is 11.8. The number of carbonyl (C=O) groups excluding carboxylic acids is 1. The molecule has 0 spiro atoms. The van der Waals surface area contributed by atoms with Gasteiger partial charge in [-0.05, 0) is 53.0 Å². The van der Waals surface area contributed by atoms with E-state index in [2.05, 4.69) is 10.6 Å². The monoisotopic (exact) mass is 284 g/mol. The maximum atomic E-state index is 11.8. The van der Waals surface area contributed by atoms with Gasteiger partial charge in [0.05, 0.1) is 6.10 Å². The molecule has 0 aromatic heterocycles. The Morgan fingerprint density at radius 2 is 2.10 bits per heavy atom. The summed E-state index contributed by atoms with van der Waals surface area (Å²) in [5, 5.41) is 6.51. The van der Waals surface area contributed by atoms with E-state index in [0.29, 0.717) is 12.6 Å². The predicted octanol–water partition coefficient (Wildman–Crippen LogP) is 2.20. The van der Waals surface area contributed by atoms with Crippen LogP contribution in [-0.4, -0.2) is 43.0 Å². The van der Waals surface area contributed by atoms with Gasteiger partial charge in [0.2, 0.25) is 0 Å². The quantitative estimate of drug-likeness (QED) is 0.816. The summed E-state index contributed by atoms with van der Waals surface area (Å²) in [6.07, 6.45) is 5.32. The lowest BCUT2D eigenvalue weighted by molar-refractivity contribution is -0.0269. The molecule has 0 unspecified atom stereocenters. The summed E-state index contributed by atoms with van der Waals surface area (Å²) in [6, 6.07) is 0.597. The summed E-state index contributed by atoms with van der Waals surface area (Å²) in [7, 11) is 0. The Bertz CT molecular complexity index is 322. The van der Waals surface area contributed by atoms with Gasteiger partial charge in [0.1, 0.15) is 5.60 Å². The minimum absolute atomic E-state index is 0.160. The Morgan fingerprint density at radius 3 is 2.75 bits per heavy atom. The molecule has 3 atom stereocenters. The number of nitrogens with one attached hydrogen (secondary N) is 2. The minimum Gasteiger partial charge on any atom is -0.444 e. The van der Waals surface area contributed by atoms with E-state index in [-0.39, 0.29) is 18.2 Å². The van der Waals surface area contributed by atoms with Crippen molar-refractivity contribution in [2.75, 3.05) is 13.2 Å². The van der Waals surface area contributed by atoms with Crippen LogP contribution in [0.3, 0.4) is 0 Å². The molecule has 0 aromatic rings. The first-order chi connectivity index (χ1) is 9.44. The third kappa shape index (κ3) is 4.94. The Morgan fingerprint density at radius 1 is 1.30 bits per heavy atom. The van der Waals surface area contributed by atoms with Crippen LogP contribution in [0, 0.1) is 0 Å². The number of carbonyl (C=O) groups is 1. The zero-order valence-electron chi connectivity index (χ0n) is 12.9. The van der Waals surface area contributed by atoms with Gasteiger partial charge in [-0.1, -0.05) is 6.42 Å². The molecule has 1 amide bonds. The van der Waals surface area contributed by atoms with Crippen LogP contribution in [0.5, 0.6) is 0 Å². The van der Waals surface area contributed by atoms with E-state index in [1.807, 2.05) is 20.8 Å². The molecule has 0 aromatic carbocycles. The molecule has 5 nitrogen and oxygen atoms in total. The van der Waals surface area contributed by atoms with Crippen molar-refractivity contribution in [3.63, 3.8) is 0 Å². The van der Waals surface area contributed by atoms with Gasteiger partial charge in [-0.2, -0.15) is 0 Å². The zero-order valence-corrected chi connectivity index (χ0v) is 12.9. The molecule has 2 rings (SSSR count). The molecule has 2 saturated heterocycles. The number of piperidine rings is 1. The summed E-state index contributed by atoms with van der Waals surface area (Å²) >= 11 is 0. The average molecular weight is 284 g/mol. The third-order valence-corrected chi connectivity index (χ3v) is 3.83. The second-order valence-electron chi connectivity index (χ2n) is 6.83. The molecular formula is C15H28N2O3. The van der Waals surface area contributed by atoms with Gasteiger partial charge in [-0.3, -0.25) is 0 Å². The molecule has 0 saturated carbocycles. The van der Waals surface area contributed by atoms with Crippen molar-refractivity contribution in [3.05, 3.63) is 0 Å². The fourth-order valence-electron chi connectivity index (χ4n) is 2.91. The summed E-state index contributed by atoms with van der Waals surface area (Å²) in [5.41, 5.74) is -0.445. The zero-order chi connectivity index (χ0) is 14.6. The number of ether oxygens (including phenoxy) is 2. The smallest absolute Gasteiger partial charge is 0.407 e. The lowest BCUT2D eigenvalue weighted by Gasteiger charge is -2.37. The second-order valence-corrected chi connectivity index (χ2v) is 6.83. The van der Waals surface area contributed by atoms with E-state index < -0.39 is 5.60 Å². The number of rotatable bonds is 2. The van der Waals surface area contributed by atoms with Gasteiger partial charge in [0.15, 0.2) is 0 Å². The Kier molecular flexibility index (Phi) is 5.27. The Labute approximate surface area is 121 Å². The van der Waals surface area contributed by atoms with Crippen LogP contribution in [0.4, 0.5) is 4.79 Å². The van der Waals surface area contributed by atoms with Crippen LogP contribution in [-0.2, 0) is 9.47 Å². The normalized spacial score (nSPS) is 31.6. The average Bonchev–Trinajstić information content (AvgIpc) is 2.38. The van der Waals surface area contributed by atoms with Gasteiger partial charge >= 0.3 is 6.09 Å². The molecule has 0 aliphatic carbocycles. The highest BCUT2D eigenvalue weighted by Crippen LogP contribution is 2.22. The lowest BCUT2D eigenvalue weighted by Crippen LogP contribution is -2.51. The van der Waals surface area contributed by atoms with Gasteiger partial charge in [-0.15, -0.1) is 0 Å². The molecule has 2 heterocycles. The van der Waals surface area contributed by atoms with E-state index in [9.17, 15) is 4.79 Å². The molecule has 2 aliphatic rings. The topological polar surface area (TPSA) is 59.6 Å². The van der Waals surface area contributed by atoms with E-state index >= 15 is 0 Å². The SMILES string of the molecule is CC(C)(C)OC(=O)N[C@@H]1CCO[C@H]([C@H]2CCCCN2)C1. The summed E-state index contributed by atoms with van der Waals surface area (Å²) < 4.78 is 11.2. The van der Waals surface area contributed by atoms with Crippen LogP contribution in [0.1, 0.15) is 52.9 Å². The minimum atomic E-state index is -0.445. The van der Waals surface area contributed by atoms with Crippen LogP contribution in [0.15, 0.2) is 0 Å². The number of hydrogen-bond acceptors (Lipinski definition) is 4. The van der Waals surface area contributed by atoms with Crippen molar-refractivity contribution in [3.8, 4) is 0 Å². The Balaban J connectivity index is 1.79. The van der Waals surface area contributed by atoms with E-state index in [4.69, 9.17) is 9.47 Å². The largest absolute Gasteiger partial charge is 0.444 e. The highest BCUT2D eigenvalue weighted by atomic mass is 16.6. The number of alkyl carbamates (subject to hydrolysis) is 1. The Hall–Kier alpha value is -0.810. The van der Waals surface area contributed by atoms with Gasteiger partial charge in [0, 0.05) is 18.7 Å². The van der Waals surface area contributed by atoms with Crippen molar-refractivity contribution >= 4 is 6.09 Å². The first-order valence-electron chi connectivity index (χ1n) is 7.78. The highest BCUT2D eigenvalue weighted by Gasteiger charge is 2.31. The maximum Gasteiger partial charge on any atom is 0.407 e. The van der Waals surface area contributed by atoms with E-state index in [1.54, 1.807) is 0 Å². The summed E-state index contributed by atoms with van der Waals surface area (Å²) in [5.74, 6) is 0. The van der Waals surface area contributed by atoms with Gasteiger partial charge in [-0.25, -0.2) is 4.79 Å². The van der Waals surface area contributed by atoms with Crippen molar-refractivity contribution in [2.45, 2.75) is 76.7 Å². The van der Waals surface area contributed by atoms with Crippen LogP contribution < -0.4 is 10.6 Å². The third-order valence-electron chi connectivity index (χ3n) is 3.83. The van der Waals surface area contributed by atoms with Crippen LogP contribution >= 0.6 is 0 Å². The van der Waals surface area contributed by atoms with E-state index in [1.165, 1.54) is 19.3 Å². The van der Waals surface area contributed by atoms with Crippen molar-refractivity contribution < 1.29 is 14.3 Å². The first-order valence-corrected chi connectivity index (χ1v) is 7.78. The van der Waals surface area contributed by atoms with Crippen molar-refractivity contribution in [2.24, 2.45) is 0 Å². The van der Waals surface area contributed by atoms with Crippen LogP contribution in [0.25, 0.3) is 0 Å². The van der Waals surface area contributed by atoms with E-state index in [0.717, 1.165) is 19.4 Å². The molecule has 2 fully saturated rings. The lowest BCUT2D eigenvalue weighted by atomic mass is 9.92. The van der Waals surface area contributed by atoms with Gasteiger partial charge in [0.25, 0.3) is 0 Å². The predicted molar refractivity (Wildman–Crippen MR) is 77.8 cm³/mol. The highest BCUT2D eigenvalue weighted by molar-refractivity contribution is 5.68. The van der Waals surface area contributed by atoms with Crippen LogP contribution in [0.2, 0.25) is 0 Å². The molecule has 0 radical (unpaired) electrons. The molecule has 116 valence electrons. The number of hydrogen-bond donors (Lipinski definition) is 2. The molecule has 2 aliphatic heterocycles. The first kappa shape index (κ1) is 15.6. The second kappa shape index (κ2) is 6.76. The standard InChI is InChI=1S/C15H28N2O3/c1-15(2,3)20-14(18)17-11-7-9-19-13(10-11)12-6-4-5-8-16-12/h11-13,16H,4-10H2,1-3H3,(H,17,18)/t11-,12-,13+/m1/s1. The molecule has 20 heavy (non-hydrogen) atoms. The van der Waals surface area contributed by atoms with Crippen molar-refractivity contribution in [1.29, 1.82) is 0 Å². The number of amides is 1. The van der Waals surface area contributed by atoms with Gasteiger partial charge < -0.3 is 20.1 Å². The molecule has 2 N–H and O–H groups in total. The molecule has 5 heteroatoms. The maximum absolute atomic E-state index is 11.8. The molecule has 0 bridgehead atoms.